The van der Waals surface area contributed by atoms with Gasteiger partial charge in [-0.15, -0.1) is 0 Å². The van der Waals surface area contributed by atoms with Gasteiger partial charge in [-0.05, 0) is 68.0 Å². The van der Waals surface area contributed by atoms with Crippen LogP contribution in [-0.4, -0.2) is 52.0 Å². The van der Waals surface area contributed by atoms with Crippen molar-refractivity contribution in [3.8, 4) is 0 Å². The van der Waals surface area contributed by atoms with Crippen molar-refractivity contribution in [3.63, 3.8) is 0 Å². The fourth-order valence-electron chi connectivity index (χ4n) is 5.13. The maximum Gasteiger partial charge on any atom is 0.303 e. The van der Waals surface area contributed by atoms with Gasteiger partial charge in [0, 0.05) is 37.3 Å². The highest BCUT2D eigenvalue weighted by Crippen LogP contribution is 2.28. The van der Waals surface area contributed by atoms with E-state index in [1.165, 1.54) is 16.0 Å². The largest absolute Gasteiger partial charge is 0.711 e. The number of thiophene rings is 1. The molecule has 35 heavy (non-hydrogen) atoms. The van der Waals surface area contributed by atoms with Crippen LogP contribution < -0.4 is 9.63 Å². The van der Waals surface area contributed by atoms with Crippen molar-refractivity contribution in [1.29, 1.82) is 0 Å². The smallest absolute Gasteiger partial charge is 0.303 e. The van der Waals surface area contributed by atoms with Gasteiger partial charge in [0.1, 0.15) is 6.20 Å². The minimum absolute atomic E-state index is 0.641. The van der Waals surface area contributed by atoms with E-state index in [1.54, 1.807) is 17.5 Å². The van der Waals surface area contributed by atoms with Crippen molar-refractivity contribution in [2.45, 2.75) is 33.1 Å². The van der Waals surface area contributed by atoms with E-state index in [0.717, 1.165) is 83.8 Å². The summed E-state index contributed by atoms with van der Waals surface area (Å²) in [4.78, 5) is 16.9. The number of anilines is 1. The van der Waals surface area contributed by atoms with Gasteiger partial charge in [-0.1, -0.05) is 23.5 Å². The van der Waals surface area contributed by atoms with Gasteiger partial charge in [0.05, 0.1) is 28.4 Å². The van der Waals surface area contributed by atoms with Crippen LogP contribution in [0.25, 0.3) is 26.8 Å². The number of aromatic nitrogens is 4. The third-order valence-corrected chi connectivity index (χ3v) is 8.40. The normalized spacial score (nSPS) is 15.1. The average Bonchev–Trinajstić information content (AvgIpc) is 3.47. The molecule has 1 aromatic carbocycles. The summed E-state index contributed by atoms with van der Waals surface area (Å²) in [6.07, 6.45) is 6.60. The van der Waals surface area contributed by atoms with Crippen molar-refractivity contribution < 1.29 is 4.73 Å². The molecule has 5 heterocycles. The molecule has 0 spiro atoms. The van der Waals surface area contributed by atoms with Crippen LogP contribution in [0, 0.1) is 19.1 Å². The van der Waals surface area contributed by atoms with Crippen LogP contribution in [0.3, 0.4) is 0 Å². The Bertz CT molecular complexity index is 1520. The SMILES string of the molecule is Cc1sc2nc(CCCCN3CCN(c4nc5ccccc5n5cccc45)CC3)[n+]([O-])cc2c1C. The van der Waals surface area contributed by atoms with Crippen LogP contribution in [0.1, 0.15) is 29.1 Å². The fourth-order valence-corrected chi connectivity index (χ4v) is 6.15. The first-order valence-corrected chi connectivity index (χ1v) is 13.2. The monoisotopic (exact) mass is 486 g/mol. The molecule has 0 bridgehead atoms. The van der Waals surface area contributed by atoms with E-state index in [9.17, 15) is 5.21 Å². The van der Waals surface area contributed by atoms with E-state index in [1.807, 2.05) is 0 Å². The lowest BCUT2D eigenvalue weighted by Crippen LogP contribution is -2.47. The van der Waals surface area contributed by atoms with Gasteiger partial charge in [-0.2, -0.15) is 0 Å². The molecule has 0 radical (unpaired) electrons. The van der Waals surface area contributed by atoms with Crippen LogP contribution in [0.5, 0.6) is 0 Å². The second-order valence-corrected chi connectivity index (χ2v) is 10.7. The second-order valence-electron chi connectivity index (χ2n) is 9.46. The molecule has 180 valence electrons. The third-order valence-electron chi connectivity index (χ3n) is 7.29. The molecule has 7 nitrogen and oxygen atoms in total. The molecule has 1 aliphatic heterocycles. The Balaban J connectivity index is 1.05. The van der Waals surface area contributed by atoms with E-state index in [0.29, 0.717) is 5.82 Å². The van der Waals surface area contributed by atoms with Crippen LogP contribution in [-0.2, 0) is 6.42 Å². The zero-order valence-electron chi connectivity index (χ0n) is 20.3. The van der Waals surface area contributed by atoms with E-state index >= 15 is 0 Å². The molecule has 8 heteroatoms. The van der Waals surface area contributed by atoms with Crippen molar-refractivity contribution in [2.75, 3.05) is 37.6 Å². The second kappa shape index (κ2) is 9.09. The summed E-state index contributed by atoms with van der Waals surface area (Å²) in [7, 11) is 0. The molecular weight excluding hydrogens is 456 g/mol. The topological polar surface area (TPSA) is 63.6 Å². The summed E-state index contributed by atoms with van der Waals surface area (Å²) in [6.45, 7) is 9.21. The quantitative estimate of drug-likeness (QED) is 0.201. The summed E-state index contributed by atoms with van der Waals surface area (Å²) in [5, 5.41) is 13.4. The number of hydrogen-bond acceptors (Lipinski definition) is 6. The first kappa shape index (κ1) is 22.2. The molecule has 0 aliphatic carbocycles. The van der Waals surface area contributed by atoms with Gasteiger partial charge < -0.3 is 14.5 Å². The Labute approximate surface area is 208 Å². The van der Waals surface area contributed by atoms with Gasteiger partial charge in [0.2, 0.25) is 4.83 Å². The number of nitrogens with zero attached hydrogens (tertiary/aromatic N) is 6. The number of benzene rings is 1. The lowest BCUT2D eigenvalue weighted by atomic mass is 10.2. The molecule has 0 atom stereocenters. The number of hydrogen-bond donors (Lipinski definition) is 0. The molecule has 0 saturated carbocycles. The Morgan fingerprint density at radius 3 is 2.63 bits per heavy atom. The minimum atomic E-state index is 0.641. The molecule has 4 aromatic heterocycles. The summed E-state index contributed by atoms with van der Waals surface area (Å²) < 4.78 is 3.22. The van der Waals surface area contributed by atoms with Crippen LogP contribution in [0.15, 0.2) is 48.8 Å². The molecule has 5 aromatic rings. The van der Waals surface area contributed by atoms with Gasteiger partial charge in [-0.3, -0.25) is 4.90 Å². The lowest BCUT2D eigenvalue weighted by Gasteiger charge is -2.35. The van der Waals surface area contributed by atoms with Crippen LogP contribution in [0.4, 0.5) is 5.82 Å². The Kier molecular flexibility index (Phi) is 5.78. The summed E-state index contributed by atoms with van der Waals surface area (Å²) in [5.41, 5.74) is 4.52. The molecule has 0 N–H and O–H groups in total. The lowest BCUT2D eigenvalue weighted by molar-refractivity contribution is -0.616. The number of aryl methyl sites for hydroxylation is 3. The molecule has 1 saturated heterocycles. The fraction of sp³-hybridized carbons (Fsp3) is 0.370. The number of rotatable bonds is 6. The Morgan fingerprint density at radius 1 is 0.971 bits per heavy atom. The highest BCUT2D eigenvalue weighted by molar-refractivity contribution is 7.18. The van der Waals surface area contributed by atoms with E-state index in [-0.39, 0.29) is 0 Å². The number of unbranched alkanes of at least 4 members (excludes halogenated alkanes) is 1. The van der Waals surface area contributed by atoms with E-state index in [4.69, 9.17) is 4.98 Å². The number of fused-ring (bicyclic) bond motifs is 4. The number of para-hydroxylation sites is 2. The van der Waals surface area contributed by atoms with Crippen molar-refractivity contribution in [2.24, 2.45) is 0 Å². The first-order valence-electron chi connectivity index (χ1n) is 12.4. The van der Waals surface area contributed by atoms with Crippen molar-refractivity contribution in [3.05, 3.63) is 70.3 Å². The molecule has 1 fully saturated rings. The third kappa shape index (κ3) is 4.10. The zero-order valence-corrected chi connectivity index (χ0v) is 21.1. The maximum absolute atomic E-state index is 12.5. The number of piperazine rings is 1. The van der Waals surface area contributed by atoms with Gasteiger partial charge in [0.15, 0.2) is 5.82 Å². The van der Waals surface area contributed by atoms with Gasteiger partial charge in [0.25, 0.3) is 0 Å². The molecule has 0 amide bonds. The van der Waals surface area contributed by atoms with E-state index < -0.39 is 0 Å². The Hall–Kier alpha value is -3.23. The average molecular weight is 487 g/mol. The first-order chi connectivity index (χ1) is 17.1. The molecule has 0 unspecified atom stereocenters. The predicted molar refractivity (Wildman–Crippen MR) is 142 cm³/mol. The summed E-state index contributed by atoms with van der Waals surface area (Å²) >= 11 is 1.68. The molecular formula is C27H30N6OS. The van der Waals surface area contributed by atoms with Crippen molar-refractivity contribution >= 4 is 43.9 Å². The van der Waals surface area contributed by atoms with Crippen LogP contribution in [0.2, 0.25) is 0 Å². The van der Waals surface area contributed by atoms with Gasteiger partial charge in [-0.25, -0.2) is 9.71 Å². The predicted octanol–water partition coefficient (Wildman–Crippen LogP) is 4.49. The van der Waals surface area contributed by atoms with E-state index in [2.05, 4.69) is 75.6 Å². The highest BCUT2D eigenvalue weighted by Gasteiger charge is 2.21. The maximum atomic E-state index is 12.5. The molecule has 6 rings (SSSR count). The summed E-state index contributed by atoms with van der Waals surface area (Å²) in [6, 6.07) is 12.6. The Morgan fingerprint density at radius 2 is 1.77 bits per heavy atom. The summed E-state index contributed by atoms with van der Waals surface area (Å²) in [5.74, 6) is 1.72. The standard InChI is InChI=1S/C27H30N6OS/c1-19-20(2)35-27-21(19)18-33(34)25(29-27)11-5-6-12-30-14-16-31(17-15-30)26-24-10-7-13-32(24)23-9-4-3-8-22(23)28-26/h3-4,7-10,13,18H,5-6,11-12,14-17H2,1-2H3. The molecule has 1 aliphatic rings. The zero-order chi connectivity index (χ0) is 23.9. The highest BCUT2D eigenvalue weighted by atomic mass is 32.1. The van der Waals surface area contributed by atoms with Crippen LogP contribution >= 0.6 is 11.3 Å². The van der Waals surface area contributed by atoms with Gasteiger partial charge >= 0.3 is 5.82 Å². The van der Waals surface area contributed by atoms with Crippen molar-refractivity contribution in [1.82, 2.24) is 19.3 Å². The minimum Gasteiger partial charge on any atom is -0.711 e.